The second-order valence-corrected chi connectivity index (χ2v) is 2.87. The molecule has 0 heterocycles. The SMILES string of the molecule is CCOc1cc(C)c(O)c(C(=O)O)c1. The molecule has 0 aliphatic carbocycles. The van der Waals surface area contributed by atoms with Gasteiger partial charge in [0, 0.05) is 0 Å². The fourth-order valence-corrected chi connectivity index (χ4v) is 1.16. The number of hydrogen-bond donors (Lipinski definition) is 2. The fraction of sp³-hybridized carbons (Fsp3) is 0.300. The molecule has 0 aliphatic heterocycles. The van der Waals surface area contributed by atoms with Gasteiger partial charge >= 0.3 is 5.97 Å². The van der Waals surface area contributed by atoms with Crippen LogP contribution in [0.1, 0.15) is 22.8 Å². The van der Waals surface area contributed by atoms with Gasteiger partial charge in [0.1, 0.15) is 17.1 Å². The first kappa shape index (κ1) is 10.4. The summed E-state index contributed by atoms with van der Waals surface area (Å²) in [6.07, 6.45) is 0. The number of carboxylic acid groups (broad SMARTS) is 1. The molecule has 0 unspecified atom stereocenters. The van der Waals surface area contributed by atoms with E-state index in [0.29, 0.717) is 17.9 Å². The van der Waals surface area contributed by atoms with E-state index in [1.165, 1.54) is 6.07 Å². The number of benzene rings is 1. The normalized spacial score (nSPS) is 9.86. The Balaban J connectivity index is 3.21. The van der Waals surface area contributed by atoms with E-state index in [4.69, 9.17) is 9.84 Å². The number of ether oxygens (including phenoxy) is 1. The molecule has 0 saturated heterocycles. The van der Waals surface area contributed by atoms with Gasteiger partial charge in [-0.15, -0.1) is 0 Å². The Hall–Kier alpha value is -1.71. The lowest BCUT2D eigenvalue weighted by atomic mass is 10.1. The Morgan fingerprint density at radius 3 is 2.64 bits per heavy atom. The highest BCUT2D eigenvalue weighted by atomic mass is 16.5. The van der Waals surface area contributed by atoms with Crippen LogP contribution in [0, 0.1) is 6.92 Å². The number of phenols is 1. The molecule has 0 saturated carbocycles. The summed E-state index contributed by atoms with van der Waals surface area (Å²) in [5.74, 6) is -0.909. The third-order valence-corrected chi connectivity index (χ3v) is 1.82. The average molecular weight is 196 g/mol. The van der Waals surface area contributed by atoms with Crippen molar-refractivity contribution in [2.75, 3.05) is 6.61 Å². The quantitative estimate of drug-likeness (QED) is 0.773. The van der Waals surface area contributed by atoms with Gasteiger partial charge in [0.05, 0.1) is 6.61 Å². The Bertz CT molecular complexity index is 357. The number of aryl methyl sites for hydroxylation is 1. The van der Waals surface area contributed by atoms with Gasteiger partial charge < -0.3 is 14.9 Å². The molecule has 0 fully saturated rings. The zero-order valence-corrected chi connectivity index (χ0v) is 8.07. The predicted molar refractivity (Wildman–Crippen MR) is 51.0 cm³/mol. The van der Waals surface area contributed by atoms with Gasteiger partial charge in [-0.05, 0) is 31.5 Å². The summed E-state index contributed by atoms with van der Waals surface area (Å²) in [6, 6.07) is 2.92. The third kappa shape index (κ3) is 1.96. The molecular weight excluding hydrogens is 184 g/mol. The summed E-state index contributed by atoms with van der Waals surface area (Å²) in [5.41, 5.74) is 0.363. The van der Waals surface area contributed by atoms with Crippen molar-refractivity contribution in [3.05, 3.63) is 23.3 Å². The van der Waals surface area contributed by atoms with Crippen molar-refractivity contribution in [3.63, 3.8) is 0 Å². The Kier molecular flexibility index (Phi) is 2.96. The number of aromatic hydroxyl groups is 1. The van der Waals surface area contributed by atoms with Crippen LogP contribution in [0.25, 0.3) is 0 Å². The lowest BCUT2D eigenvalue weighted by molar-refractivity contribution is 0.0693. The highest BCUT2D eigenvalue weighted by Crippen LogP contribution is 2.27. The van der Waals surface area contributed by atoms with Crippen LogP contribution < -0.4 is 4.74 Å². The van der Waals surface area contributed by atoms with Crippen LogP contribution in [-0.2, 0) is 0 Å². The van der Waals surface area contributed by atoms with Crippen LogP contribution in [0.3, 0.4) is 0 Å². The molecular formula is C10H12O4. The van der Waals surface area contributed by atoms with Crippen LogP contribution in [0.5, 0.6) is 11.5 Å². The first-order valence-corrected chi connectivity index (χ1v) is 4.26. The smallest absolute Gasteiger partial charge is 0.339 e. The second kappa shape index (κ2) is 4.00. The summed E-state index contributed by atoms with van der Waals surface area (Å²) >= 11 is 0. The number of hydrogen-bond acceptors (Lipinski definition) is 3. The third-order valence-electron chi connectivity index (χ3n) is 1.82. The molecule has 2 N–H and O–H groups in total. The van der Waals surface area contributed by atoms with Crippen molar-refractivity contribution in [1.82, 2.24) is 0 Å². The Morgan fingerprint density at radius 2 is 2.14 bits per heavy atom. The van der Waals surface area contributed by atoms with Gasteiger partial charge in [-0.1, -0.05) is 0 Å². The highest BCUT2D eigenvalue weighted by Gasteiger charge is 2.13. The first-order chi connectivity index (χ1) is 6.56. The van der Waals surface area contributed by atoms with Gasteiger partial charge in [0.25, 0.3) is 0 Å². The zero-order valence-electron chi connectivity index (χ0n) is 8.07. The zero-order chi connectivity index (χ0) is 10.7. The monoisotopic (exact) mass is 196 g/mol. The molecule has 14 heavy (non-hydrogen) atoms. The van der Waals surface area contributed by atoms with Crippen LogP contribution in [-0.4, -0.2) is 22.8 Å². The molecule has 1 rings (SSSR count). The largest absolute Gasteiger partial charge is 0.507 e. The van der Waals surface area contributed by atoms with E-state index >= 15 is 0 Å². The number of aromatic carboxylic acids is 1. The lowest BCUT2D eigenvalue weighted by Gasteiger charge is -2.08. The molecule has 1 aromatic rings. The van der Waals surface area contributed by atoms with Crippen LogP contribution in [0.2, 0.25) is 0 Å². The maximum Gasteiger partial charge on any atom is 0.339 e. The number of rotatable bonds is 3. The molecule has 4 heteroatoms. The van der Waals surface area contributed by atoms with Crippen LogP contribution in [0.4, 0.5) is 0 Å². The van der Waals surface area contributed by atoms with Gasteiger partial charge in [-0.25, -0.2) is 4.79 Å². The minimum Gasteiger partial charge on any atom is -0.507 e. The topological polar surface area (TPSA) is 66.8 Å². The standard InChI is InChI=1S/C10H12O4/c1-3-14-7-4-6(2)9(11)8(5-7)10(12)13/h4-5,11H,3H2,1-2H3,(H,12,13). The fourth-order valence-electron chi connectivity index (χ4n) is 1.16. The first-order valence-electron chi connectivity index (χ1n) is 4.26. The minimum absolute atomic E-state index is 0.131. The van der Waals surface area contributed by atoms with Crippen molar-refractivity contribution in [3.8, 4) is 11.5 Å². The maximum atomic E-state index is 10.7. The summed E-state index contributed by atoms with van der Waals surface area (Å²) in [4.78, 5) is 10.7. The van der Waals surface area contributed by atoms with E-state index in [1.54, 1.807) is 13.0 Å². The molecule has 0 aromatic heterocycles. The second-order valence-electron chi connectivity index (χ2n) is 2.87. The minimum atomic E-state index is -1.16. The van der Waals surface area contributed by atoms with E-state index in [1.807, 2.05) is 6.92 Å². The lowest BCUT2D eigenvalue weighted by Crippen LogP contribution is -2.00. The Morgan fingerprint density at radius 1 is 1.50 bits per heavy atom. The maximum absolute atomic E-state index is 10.7. The molecule has 0 aliphatic rings. The van der Waals surface area contributed by atoms with Gasteiger partial charge in [0.15, 0.2) is 0 Å². The van der Waals surface area contributed by atoms with Crippen LogP contribution in [0.15, 0.2) is 12.1 Å². The number of carboxylic acids is 1. The average Bonchev–Trinajstić information content (AvgIpc) is 2.11. The van der Waals surface area contributed by atoms with E-state index in [-0.39, 0.29) is 11.3 Å². The molecule has 4 nitrogen and oxygen atoms in total. The van der Waals surface area contributed by atoms with Crippen molar-refractivity contribution >= 4 is 5.97 Å². The summed E-state index contributed by atoms with van der Waals surface area (Å²) < 4.78 is 5.16. The van der Waals surface area contributed by atoms with E-state index < -0.39 is 5.97 Å². The van der Waals surface area contributed by atoms with Crippen molar-refractivity contribution in [1.29, 1.82) is 0 Å². The molecule has 0 bridgehead atoms. The van der Waals surface area contributed by atoms with E-state index in [2.05, 4.69) is 0 Å². The van der Waals surface area contributed by atoms with Gasteiger partial charge in [0.2, 0.25) is 0 Å². The predicted octanol–water partition coefficient (Wildman–Crippen LogP) is 1.80. The van der Waals surface area contributed by atoms with Gasteiger partial charge in [-0.2, -0.15) is 0 Å². The number of carbonyl (C=O) groups is 1. The van der Waals surface area contributed by atoms with Crippen molar-refractivity contribution in [2.45, 2.75) is 13.8 Å². The highest BCUT2D eigenvalue weighted by molar-refractivity contribution is 5.91. The van der Waals surface area contributed by atoms with Crippen LogP contribution >= 0.6 is 0 Å². The molecule has 0 amide bonds. The van der Waals surface area contributed by atoms with E-state index in [0.717, 1.165) is 0 Å². The summed E-state index contributed by atoms with van der Waals surface area (Å²) in [5, 5.41) is 18.2. The van der Waals surface area contributed by atoms with Crippen molar-refractivity contribution in [2.24, 2.45) is 0 Å². The van der Waals surface area contributed by atoms with E-state index in [9.17, 15) is 9.90 Å². The Labute approximate surface area is 81.8 Å². The molecule has 0 radical (unpaired) electrons. The van der Waals surface area contributed by atoms with Gasteiger partial charge in [-0.3, -0.25) is 0 Å². The summed E-state index contributed by atoms with van der Waals surface area (Å²) in [6.45, 7) is 3.90. The molecule has 0 atom stereocenters. The molecule has 76 valence electrons. The molecule has 1 aromatic carbocycles. The molecule has 0 spiro atoms. The van der Waals surface area contributed by atoms with Crippen molar-refractivity contribution < 1.29 is 19.7 Å². The summed E-state index contributed by atoms with van der Waals surface area (Å²) in [7, 11) is 0.